The average molecular weight is 431 g/mol. The first-order chi connectivity index (χ1) is 14.9. The van der Waals surface area contributed by atoms with Gasteiger partial charge in [-0.05, 0) is 18.6 Å². The molecule has 2 atom stereocenters. The normalized spacial score (nSPS) is 22.5. The first-order valence-electron chi connectivity index (χ1n) is 9.76. The van der Waals surface area contributed by atoms with Crippen molar-refractivity contribution >= 4 is 29.3 Å². The summed E-state index contributed by atoms with van der Waals surface area (Å²) in [6.07, 6.45) is 1.62. The number of hydrogen-bond donors (Lipinski definition) is 2. The summed E-state index contributed by atoms with van der Waals surface area (Å²) in [6.45, 7) is 1.37. The number of nitrogens with zero attached hydrogens (tertiary/aromatic N) is 5. The number of halogens is 2. The summed E-state index contributed by atoms with van der Waals surface area (Å²) >= 11 is 0. The molecular weight excluding hydrogens is 412 g/mol. The second-order valence-electron chi connectivity index (χ2n) is 7.66. The minimum absolute atomic E-state index is 0.0227. The zero-order valence-electron chi connectivity index (χ0n) is 16.5. The van der Waals surface area contributed by atoms with Gasteiger partial charge in [0.15, 0.2) is 5.82 Å². The number of urea groups is 1. The number of nitrogens with one attached hydrogen (secondary N) is 2. The lowest BCUT2D eigenvalue weighted by molar-refractivity contribution is 0.0845. The Balaban J connectivity index is 1.42. The van der Waals surface area contributed by atoms with Crippen LogP contribution < -0.4 is 25.2 Å². The molecule has 162 valence electrons. The van der Waals surface area contributed by atoms with Gasteiger partial charge < -0.3 is 15.0 Å². The number of carbonyl (C=O) groups excluding carboxylic acids is 2. The van der Waals surface area contributed by atoms with Crippen LogP contribution in [0.4, 0.5) is 30.9 Å². The molecule has 10 nitrogen and oxygen atoms in total. The molecule has 0 unspecified atom stereocenters. The highest BCUT2D eigenvalue weighted by Gasteiger charge is 2.58. The van der Waals surface area contributed by atoms with E-state index in [1.54, 1.807) is 6.07 Å². The van der Waals surface area contributed by atoms with Crippen LogP contribution in [0.5, 0.6) is 5.88 Å². The maximum absolute atomic E-state index is 13.2. The Morgan fingerprint density at radius 2 is 2.10 bits per heavy atom. The molecule has 2 N–H and O–H groups in total. The Kier molecular flexibility index (Phi) is 4.38. The molecule has 12 heteroatoms. The van der Waals surface area contributed by atoms with Crippen LogP contribution in [0.2, 0.25) is 0 Å². The summed E-state index contributed by atoms with van der Waals surface area (Å²) in [5.74, 6) is -2.71. The van der Waals surface area contributed by atoms with Crippen molar-refractivity contribution in [2.75, 3.05) is 35.3 Å². The van der Waals surface area contributed by atoms with Crippen LogP contribution in [-0.2, 0) is 0 Å². The summed E-state index contributed by atoms with van der Waals surface area (Å²) in [6, 6.07) is 2.87. The van der Waals surface area contributed by atoms with Crippen LogP contribution in [-0.4, -0.2) is 65.1 Å². The van der Waals surface area contributed by atoms with E-state index in [1.165, 1.54) is 30.5 Å². The number of pyridine rings is 1. The molecular formula is C19H19F2N7O3. The highest BCUT2D eigenvalue weighted by atomic mass is 19.3. The first-order valence-corrected chi connectivity index (χ1v) is 9.76. The van der Waals surface area contributed by atoms with Crippen molar-refractivity contribution in [3.05, 3.63) is 30.2 Å². The van der Waals surface area contributed by atoms with Gasteiger partial charge in [-0.2, -0.15) is 0 Å². The van der Waals surface area contributed by atoms with Gasteiger partial charge in [0.25, 0.3) is 11.8 Å². The van der Waals surface area contributed by atoms with E-state index >= 15 is 0 Å². The van der Waals surface area contributed by atoms with Gasteiger partial charge in [0, 0.05) is 25.6 Å². The number of ether oxygens (including phenoxy) is 1. The fourth-order valence-corrected chi connectivity index (χ4v) is 3.89. The lowest BCUT2D eigenvalue weighted by atomic mass is 10.1. The highest BCUT2D eigenvalue weighted by molar-refractivity contribution is 6.05. The van der Waals surface area contributed by atoms with E-state index in [1.807, 2.05) is 0 Å². The van der Waals surface area contributed by atoms with E-state index in [9.17, 15) is 18.4 Å². The van der Waals surface area contributed by atoms with Crippen molar-refractivity contribution in [3.8, 4) is 5.88 Å². The number of rotatable bonds is 4. The number of carbonyl (C=O) groups is 2. The Morgan fingerprint density at radius 1 is 1.29 bits per heavy atom. The minimum Gasteiger partial charge on any atom is -0.481 e. The smallest absolute Gasteiger partial charge is 0.329 e. The third kappa shape index (κ3) is 3.47. The molecule has 2 bridgehead atoms. The lowest BCUT2D eigenvalue weighted by Crippen LogP contribution is -2.48. The predicted octanol–water partition coefficient (Wildman–Crippen LogP) is 1.65. The molecule has 0 radical (unpaired) electrons. The maximum atomic E-state index is 13.2. The summed E-state index contributed by atoms with van der Waals surface area (Å²) in [4.78, 5) is 41.4. The molecule has 3 aliphatic rings. The quantitative estimate of drug-likeness (QED) is 0.757. The molecule has 0 spiro atoms. The predicted molar refractivity (Wildman–Crippen MR) is 106 cm³/mol. The van der Waals surface area contributed by atoms with Crippen molar-refractivity contribution in [3.63, 3.8) is 0 Å². The van der Waals surface area contributed by atoms with Gasteiger partial charge in [-0.3, -0.25) is 15.0 Å². The molecule has 0 aromatic carbocycles. The SMILES string of the molecule is COc1cc(NC(=O)N2c3nc(C(=O)N[C@@H]4CC4(F)F)ccc3N3CC[C@H]2C3)ncn1. The largest absolute Gasteiger partial charge is 0.481 e. The zero-order valence-corrected chi connectivity index (χ0v) is 16.5. The number of methoxy groups -OCH3 is 1. The topological polar surface area (TPSA) is 113 Å². The van der Waals surface area contributed by atoms with E-state index in [0.29, 0.717) is 23.9 Å². The second kappa shape index (κ2) is 7.00. The molecule has 5 rings (SSSR count). The van der Waals surface area contributed by atoms with E-state index in [-0.39, 0.29) is 24.0 Å². The van der Waals surface area contributed by atoms with Crippen molar-refractivity contribution < 1.29 is 23.1 Å². The fraction of sp³-hybridized carbons (Fsp3) is 0.421. The van der Waals surface area contributed by atoms with Crippen LogP contribution in [0.3, 0.4) is 0 Å². The summed E-state index contributed by atoms with van der Waals surface area (Å²) in [7, 11) is 1.45. The van der Waals surface area contributed by atoms with E-state index in [0.717, 1.165) is 13.0 Å². The van der Waals surface area contributed by atoms with Crippen LogP contribution >= 0.6 is 0 Å². The van der Waals surface area contributed by atoms with Gasteiger partial charge >= 0.3 is 6.03 Å². The molecule has 2 fully saturated rings. The summed E-state index contributed by atoms with van der Waals surface area (Å²) in [5.41, 5.74) is 0.683. The van der Waals surface area contributed by atoms with E-state index in [4.69, 9.17) is 4.74 Å². The third-order valence-corrected chi connectivity index (χ3v) is 5.62. The Hall–Kier alpha value is -3.57. The van der Waals surface area contributed by atoms with Crippen molar-refractivity contribution in [2.24, 2.45) is 0 Å². The zero-order chi connectivity index (χ0) is 21.8. The lowest BCUT2D eigenvalue weighted by Gasteiger charge is -2.35. The van der Waals surface area contributed by atoms with Gasteiger partial charge in [0.1, 0.15) is 17.8 Å². The van der Waals surface area contributed by atoms with E-state index < -0.39 is 23.9 Å². The third-order valence-electron chi connectivity index (χ3n) is 5.62. The summed E-state index contributed by atoms with van der Waals surface area (Å²) in [5, 5.41) is 5.00. The van der Waals surface area contributed by atoms with Crippen LogP contribution in [0.1, 0.15) is 23.3 Å². The molecule has 2 aromatic rings. The second-order valence-corrected chi connectivity index (χ2v) is 7.66. The Morgan fingerprint density at radius 3 is 2.84 bits per heavy atom. The van der Waals surface area contributed by atoms with Gasteiger partial charge in [-0.25, -0.2) is 28.5 Å². The number of hydrogen-bond acceptors (Lipinski definition) is 7. The number of anilines is 3. The molecule has 1 saturated carbocycles. The van der Waals surface area contributed by atoms with E-state index in [2.05, 4.69) is 30.5 Å². The fourth-order valence-electron chi connectivity index (χ4n) is 3.89. The number of aromatic nitrogens is 3. The maximum Gasteiger partial charge on any atom is 0.329 e. The Bertz CT molecular complexity index is 1070. The van der Waals surface area contributed by atoms with Gasteiger partial charge in [0.05, 0.1) is 24.9 Å². The molecule has 2 aromatic heterocycles. The monoisotopic (exact) mass is 431 g/mol. The van der Waals surface area contributed by atoms with Gasteiger partial charge in [-0.15, -0.1) is 0 Å². The van der Waals surface area contributed by atoms with Crippen molar-refractivity contribution in [1.82, 2.24) is 20.3 Å². The molecule has 3 amide bonds. The molecule has 4 heterocycles. The van der Waals surface area contributed by atoms with Crippen molar-refractivity contribution in [1.29, 1.82) is 0 Å². The molecule has 1 aliphatic carbocycles. The average Bonchev–Trinajstić information content (AvgIpc) is 3.15. The minimum atomic E-state index is -2.88. The molecule has 31 heavy (non-hydrogen) atoms. The standard InChI is InChI=1S/C19H19F2N7O3/c1-31-15-6-14(22-9-23-15)26-18(30)28-10-4-5-27(8-10)12-3-2-11(24-16(12)28)17(29)25-13-7-19(13,20)21/h2-3,6,9-10,13H,4-5,7-8H2,1H3,(H,25,29)(H,22,23,26,30)/t10-,13+/m0/s1. The molecule has 1 saturated heterocycles. The van der Waals surface area contributed by atoms with Crippen LogP contribution in [0.25, 0.3) is 0 Å². The molecule has 2 aliphatic heterocycles. The van der Waals surface area contributed by atoms with Gasteiger partial charge in [-0.1, -0.05) is 0 Å². The van der Waals surface area contributed by atoms with Crippen LogP contribution in [0.15, 0.2) is 24.5 Å². The van der Waals surface area contributed by atoms with Crippen molar-refractivity contribution in [2.45, 2.75) is 30.8 Å². The number of alkyl halides is 2. The van der Waals surface area contributed by atoms with Crippen LogP contribution in [0, 0.1) is 0 Å². The highest BCUT2D eigenvalue weighted by Crippen LogP contribution is 2.42. The summed E-state index contributed by atoms with van der Waals surface area (Å²) < 4.78 is 31.4. The Labute approximate surface area is 175 Å². The number of amides is 3. The first kappa shape index (κ1) is 19.4. The number of fused-ring (bicyclic) bond motifs is 4. The van der Waals surface area contributed by atoms with Gasteiger partial charge in [0.2, 0.25) is 5.88 Å².